The molecule has 1 amide bonds. The zero-order chi connectivity index (χ0) is 14.2. The number of aromatic amines is 1. The summed E-state index contributed by atoms with van der Waals surface area (Å²) in [5, 5.41) is 2.90. The number of methoxy groups -OCH3 is 1. The molecule has 5 nitrogen and oxygen atoms in total. The lowest BCUT2D eigenvalue weighted by molar-refractivity contribution is -0.121. The maximum absolute atomic E-state index is 11.7. The molecule has 0 atom stereocenters. The predicted octanol–water partition coefficient (Wildman–Crippen LogP) is 1.71. The first-order valence-electron chi connectivity index (χ1n) is 6.65. The molecule has 0 aliphatic rings. The lowest BCUT2D eigenvalue weighted by Crippen LogP contribution is -2.25. The predicted molar refractivity (Wildman–Crippen MR) is 76.6 cm³/mol. The van der Waals surface area contributed by atoms with Gasteiger partial charge in [-0.3, -0.25) is 4.79 Å². The van der Waals surface area contributed by atoms with E-state index in [1.54, 1.807) is 19.6 Å². The molecule has 0 saturated carbocycles. The number of ether oxygens (including phenoxy) is 1. The third kappa shape index (κ3) is 4.42. The van der Waals surface area contributed by atoms with E-state index in [1.165, 1.54) is 0 Å². The minimum atomic E-state index is 0.0623. The maximum atomic E-state index is 11.7. The number of carbonyl (C=O) groups is 1. The molecule has 20 heavy (non-hydrogen) atoms. The maximum Gasteiger partial charge on any atom is 0.220 e. The normalized spacial score (nSPS) is 10.2. The fraction of sp³-hybridized carbons (Fsp3) is 0.333. The Labute approximate surface area is 118 Å². The van der Waals surface area contributed by atoms with Crippen molar-refractivity contribution in [3.63, 3.8) is 0 Å². The largest absolute Gasteiger partial charge is 0.497 e. The van der Waals surface area contributed by atoms with Crippen molar-refractivity contribution in [1.82, 2.24) is 15.3 Å². The van der Waals surface area contributed by atoms with Crippen LogP contribution in [0.1, 0.15) is 17.7 Å². The highest BCUT2D eigenvalue weighted by Gasteiger charge is 2.03. The minimum absolute atomic E-state index is 0.0623. The van der Waals surface area contributed by atoms with Crippen molar-refractivity contribution in [1.29, 1.82) is 0 Å². The summed E-state index contributed by atoms with van der Waals surface area (Å²) in [6.45, 7) is 0.624. The van der Waals surface area contributed by atoms with Crippen LogP contribution < -0.4 is 10.1 Å². The van der Waals surface area contributed by atoms with Gasteiger partial charge < -0.3 is 15.0 Å². The second kappa shape index (κ2) is 7.33. The smallest absolute Gasteiger partial charge is 0.220 e. The van der Waals surface area contributed by atoms with Gasteiger partial charge in [0.1, 0.15) is 5.75 Å². The molecule has 2 rings (SSSR count). The Morgan fingerprint density at radius 2 is 2.30 bits per heavy atom. The highest BCUT2D eigenvalue weighted by atomic mass is 16.5. The molecule has 106 valence electrons. The zero-order valence-electron chi connectivity index (χ0n) is 11.6. The van der Waals surface area contributed by atoms with Crippen molar-refractivity contribution in [2.24, 2.45) is 0 Å². The molecule has 0 saturated heterocycles. The Hall–Kier alpha value is -2.30. The lowest BCUT2D eigenvalue weighted by atomic mass is 10.1. The van der Waals surface area contributed by atoms with Crippen molar-refractivity contribution in [2.75, 3.05) is 13.7 Å². The van der Waals surface area contributed by atoms with Crippen LogP contribution in [0.3, 0.4) is 0 Å². The monoisotopic (exact) mass is 273 g/mol. The lowest BCUT2D eigenvalue weighted by Gasteiger charge is -2.06. The van der Waals surface area contributed by atoms with Crippen LogP contribution in [0.5, 0.6) is 5.75 Å². The number of imidazole rings is 1. The van der Waals surface area contributed by atoms with Crippen molar-refractivity contribution < 1.29 is 9.53 Å². The molecule has 1 heterocycles. The van der Waals surface area contributed by atoms with Gasteiger partial charge >= 0.3 is 0 Å². The van der Waals surface area contributed by atoms with E-state index in [4.69, 9.17) is 4.74 Å². The van der Waals surface area contributed by atoms with Crippen LogP contribution in [-0.2, 0) is 17.6 Å². The van der Waals surface area contributed by atoms with Crippen LogP contribution in [0.15, 0.2) is 36.8 Å². The number of hydrogen-bond donors (Lipinski definition) is 2. The fourth-order valence-electron chi connectivity index (χ4n) is 1.93. The second-order valence-electron chi connectivity index (χ2n) is 4.53. The molecular weight excluding hydrogens is 254 g/mol. The van der Waals surface area contributed by atoms with Gasteiger partial charge in [0, 0.05) is 31.3 Å². The van der Waals surface area contributed by atoms with Crippen molar-refractivity contribution in [3.05, 3.63) is 48.0 Å². The number of H-pyrrole nitrogens is 1. The standard InChI is InChI=1S/C15H19N3O2/c1-20-14-4-2-3-12(9-14)5-6-15(19)17-8-7-13-10-16-11-18-13/h2-4,9-11H,5-8H2,1H3,(H,16,18)(H,17,19). The van der Waals surface area contributed by atoms with E-state index in [0.717, 1.165) is 23.4 Å². The molecule has 0 unspecified atom stereocenters. The van der Waals surface area contributed by atoms with Gasteiger partial charge in [-0.05, 0) is 24.1 Å². The Kier molecular flexibility index (Phi) is 5.17. The summed E-state index contributed by atoms with van der Waals surface area (Å²) in [5.74, 6) is 0.884. The van der Waals surface area contributed by atoms with E-state index in [-0.39, 0.29) is 5.91 Å². The van der Waals surface area contributed by atoms with Crippen LogP contribution in [-0.4, -0.2) is 29.5 Å². The van der Waals surface area contributed by atoms with Crippen LogP contribution >= 0.6 is 0 Å². The van der Waals surface area contributed by atoms with Crippen LogP contribution in [0, 0.1) is 0 Å². The minimum Gasteiger partial charge on any atom is -0.497 e. The Balaban J connectivity index is 1.69. The van der Waals surface area contributed by atoms with Crippen LogP contribution in [0.25, 0.3) is 0 Å². The van der Waals surface area contributed by atoms with Gasteiger partial charge in [0.05, 0.1) is 13.4 Å². The number of nitrogens with one attached hydrogen (secondary N) is 2. The fourth-order valence-corrected chi connectivity index (χ4v) is 1.93. The van der Waals surface area contributed by atoms with Gasteiger partial charge in [0.25, 0.3) is 0 Å². The molecule has 0 spiro atoms. The number of aryl methyl sites for hydroxylation is 1. The zero-order valence-corrected chi connectivity index (χ0v) is 11.6. The Bertz CT molecular complexity index is 538. The van der Waals surface area contributed by atoms with Gasteiger partial charge in [-0.1, -0.05) is 12.1 Å². The molecule has 0 fully saturated rings. The summed E-state index contributed by atoms with van der Waals surface area (Å²) < 4.78 is 5.16. The number of aromatic nitrogens is 2. The molecular formula is C15H19N3O2. The first-order chi connectivity index (χ1) is 9.78. The van der Waals surface area contributed by atoms with E-state index in [0.29, 0.717) is 19.4 Å². The van der Waals surface area contributed by atoms with Gasteiger partial charge in [0.15, 0.2) is 0 Å². The van der Waals surface area contributed by atoms with Crippen LogP contribution in [0.2, 0.25) is 0 Å². The highest BCUT2D eigenvalue weighted by Crippen LogP contribution is 2.13. The molecule has 1 aromatic carbocycles. The van der Waals surface area contributed by atoms with E-state index in [1.807, 2.05) is 24.3 Å². The number of hydrogen-bond acceptors (Lipinski definition) is 3. The summed E-state index contributed by atoms with van der Waals surface area (Å²) in [6.07, 6.45) is 5.37. The van der Waals surface area contributed by atoms with E-state index in [9.17, 15) is 4.79 Å². The molecule has 0 radical (unpaired) electrons. The molecule has 0 aliphatic heterocycles. The van der Waals surface area contributed by atoms with Crippen molar-refractivity contribution in [2.45, 2.75) is 19.3 Å². The summed E-state index contributed by atoms with van der Waals surface area (Å²) in [6, 6.07) is 7.79. The van der Waals surface area contributed by atoms with Crippen molar-refractivity contribution in [3.8, 4) is 5.75 Å². The summed E-state index contributed by atoms with van der Waals surface area (Å²) in [5.41, 5.74) is 2.13. The van der Waals surface area contributed by atoms with E-state index < -0.39 is 0 Å². The average Bonchev–Trinajstić information content (AvgIpc) is 2.98. The first-order valence-corrected chi connectivity index (χ1v) is 6.65. The molecule has 5 heteroatoms. The van der Waals surface area contributed by atoms with Gasteiger partial charge in [-0.15, -0.1) is 0 Å². The van der Waals surface area contributed by atoms with E-state index >= 15 is 0 Å². The number of nitrogens with zero attached hydrogens (tertiary/aromatic N) is 1. The van der Waals surface area contributed by atoms with Gasteiger partial charge in [-0.25, -0.2) is 4.98 Å². The quantitative estimate of drug-likeness (QED) is 0.807. The average molecular weight is 273 g/mol. The summed E-state index contributed by atoms with van der Waals surface area (Å²) in [7, 11) is 1.64. The molecule has 0 bridgehead atoms. The van der Waals surface area contributed by atoms with Gasteiger partial charge in [0.2, 0.25) is 5.91 Å². The molecule has 2 aromatic rings. The van der Waals surface area contributed by atoms with Gasteiger partial charge in [-0.2, -0.15) is 0 Å². The molecule has 1 aromatic heterocycles. The highest BCUT2D eigenvalue weighted by molar-refractivity contribution is 5.76. The topological polar surface area (TPSA) is 67.0 Å². The number of benzene rings is 1. The molecule has 0 aliphatic carbocycles. The number of rotatable bonds is 7. The number of carbonyl (C=O) groups excluding carboxylic acids is 1. The molecule has 2 N–H and O–H groups in total. The Morgan fingerprint density at radius 3 is 3.05 bits per heavy atom. The Morgan fingerprint density at radius 1 is 1.40 bits per heavy atom. The summed E-state index contributed by atoms with van der Waals surface area (Å²) in [4.78, 5) is 18.7. The third-order valence-corrected chi connectivity index (χ3v) is 3.05. The van der Waals surface area contributed by atoms with Crippen LogP contribution in [0.4, 0.5) is 0 Å². The first kappa shape index (κ1) is 14.1. The van der Waals surface area contributed by atoms with Crippen molar-refractivity contribution >= 4 is 5.91 Å². The van der Waals surface area contributed by atoms with E-state index in [2.05, 4.69) is 15.3 Å². The SMILES string of the molecule is COc1cccc(CCC(=O)NCCc2cnc[nH]2)c1. The second-order valence-corrected chi connectivity index (χ2v) is 4.53. The number of amides is 1. The third-order valence-electron chi connectivity index (χ3n) is 3.05. The summed E-state index contributed by atoms with van der Waals surface area (Å²) >= 11 is 0.